The lowest BCUT2D eigenvalue weighted by atomic mass is 10.5. The van der Waals surface area contributed by atoms with Crippen molar-refractivity contribution in [3.63, 3.8) is 0 Å². The molecule has 0 heterocycles. The van der Waals surface area contributed by atoms with Crippen molar-refractivity contribution in [1.29, 1.82) is 5.26 Å². The molecule has 2 N–H and O–H groups in total. The van der Waals surface area contributed by atoms with Gasteiger partial charge in [0.25, 0.3) is 0 Å². The van der Waals surface area contributed by atoms with Crippen molar-refractivity contribution in [1.82, 2.24) is 0 Å². The first-order valence-corrected chi connectivity index (χ1v) is 4.62. The number of rotatable bonds is 4. The van der Waals surface area contributed by atoms with E-state index in [0.717, 1.165) is 0 Å². The maximum absolute atomic E-state index is 8.15. The Labute approximate surface area is 63.1 Å². The highest BCUT2D eigenvalue weighted by atomic mass is 31.2. The van der Waals surface area contributed by atoms with E-state index in [1.165, 1.54) is 0 Å². The minimum atomic E-state index is -0.802. The van der Waals surface area contributed by atoms with Crippen LogP contribution in [0, 0.1) is 11.3 Å². The predicted octanol–water partition coefficient (Wildman–Crippen LogP) is 1.60. The molecule has 0 aliphatic rings. The van der Waals surface area contributed by atoms with Gasteiger partial charge in [-0.1, -0.05) is 13.8 Å². The third kappa shape index (κ3) is 4.69. The van der Waals surface area contributed by atoms with Crippen LogP contribution in [0.15, 0.2) is 0 Å². The van der Waals surface area contributed by atoms with Gasteiger partial charge in [0, 0.05) is 5.66 Å². The third-order valence-electron chi connectivity index (χ3n) is 0.963. The van der Waals surface area contributed by atoms with Crippen LogP contribution in [0.3, 0.4) is 0 Å². The molecule has 58 valence electrons. The van der Waals surface area contributed by atoms with E-state index in [9.17, 15) is 0 Å². The number of nitrogens with two attached hydrogens (primary N) is 1. The van der Waals surface area contributed by atoms with Gasteiger partial charge in [-0.2, -0.15) is 5.26 Å². The molecule has 0 radical (unpaired) electrons. The molecule has 1 atom stereocenters. The molecule has 0 aromatic carbocycles. The minimum absolute atomic E-state index is 0.383. The average molecular weight is 160 g/mol. The summed E-state index contributed by atoms with van der Waals surface area (Å²) in [5, 5.41) is 8.15. The van der Waals surface area contributed by atoms with Gasteiger partial charge < -0.3 is 4.52 Å². The first kappa shape index (κ1) is 9.84. The Morgan fingerprint density at radius 2 is 2.30 bits per heavy atom. The summed E-state index contributed by atoms with van der Waals surface area (Å²) in [6.45, 7) is 4.49. The van der Waals surface area contributed by atoms with Crippen molar-refractivity contribution >= 4 is 8.30 Å². The molecular weight excluding hydrogens is 147 g/mol. The normalized spacial score (nSPS) is 13.1. The smallest absolute Gasteiger partial charge is 0.101 e. The first-order valence-electron chi connectivity index (χ1n) is 3.22. The van der Waals surface area contributed by atoms with Crippen molar-refractivity contribution < 1.29 is 4.52 Å². The zero-order valence-corrected chi connectivity index (χ0v) is 7.27. The number of hydrogen-bond acceptors (Lipinski definition) is 3. The van der Waals surface area contributed by atoms with E-state index in [4.69, 9.17) is 15.3 Å². The number of hydrogen-bond donors (Lipinski definition) is 1. The summed E-state index contributed by atoms with van der Waals surface area (Å²) in [6.07, 6.45) is 0.433. The lowest BCUT2D eigenvalue weighted by Gasteiger charge is -2.13. The average Bonchev–Trinajstić information content (AvgIpc) is 1.88. The Balaban J connectivity index is 3.23. The van der Waals surface area contributed by atoms with Gasteiger partial charge in [-0.25, -0.2) is 0 Å². The first-order chi connectivity index (χ1) is 4.68. The summed E-state index contributed by atoms with van der Waals surface area (Å²) in [5.41, 5.74) is 5.97. The van der Waals surface area contributed by atoms with E-state index < -0.39 is 8.30 Å². The van der Waals surface area contributed by atoms with Gasteiger partial charge in [0.2, 0.25) is 0 Å². The summed E-state index contributed by atoms with van der Waals surface area (Å²) in [5.74, 6) is 0. The van der Waals surface area contributed by atoms with Crippen LogP contribution < -0.4 is 5.50 Å². The molecule has 0 saturated carbocycles. The Hall–Kier alpha value is -0.160. The summed E-state index contributed by atoms with van der Waals surface area (Å²) in [7, 11) is -0.802. The largest absolute Gasteiger partial charge is 0.343 e. The summed E-state index contributed by atoms with van der Waals surface area (Å²) in [4.78, 5) is 0. The highest BCUT2D eigenvalue weighted by Gasteiger charge is 2.06. The maximum atomic E-state index is 8.15. The van der Waals surface area contributed by atoms with E-state index in [2.05, 4.69) is 0 Å². The Morgan fingerprint density at radius 1 is 1.70 bits per heavy atom. The monoisotopic (exact) mass is 160 g/mol. The second-order valence-electron chi connectivity index (χ2n) is 2.19. The maximum Gasteiger partial charge on any atom is 0.101 e. The topological polar surface area (TPSA) is 59.0 Å². The molecule has 0 aliphatic heterocycles. The standard InChI is InChI=1S/C6H13N2OP/c1-6(2)10(8)9-5-3-4-7/h6H,3,5,8H2,1-2H3. The molecule has 0 bridgehead atoms. The van der Waals surface area contributed by atoms with Gasteiger partial charge in [-0.05, 0) is 0 Å². The second kappa shape index (κ2) is 5.61. The fraction of sp³-hybridized carbons (Fsp3) is 0.833. The molecule has 0 rings (SSSR count). The highest BCUT2D eigenvalue weighted by Crippen LogP contribution is 2.32. The molecule has 0 amide bonds. The molecule has 3 nitrogen and oxygen atoms in total. The molecule has 1 unspecified atom stereocenters. The summed E-state index contributed by atoms with van der Waals surface area (Å²) >= 11 is 0. The zero-order chi connectivity index (χ0) is 7.98. The lowest BCUT2D eigenvalue weighted by molar-refractivity contribution is 0.358. The predicted molar refractivity (Wildman–Crippen MR) is 42.4 cm³/mol. The summed E-state index contributed by atoms with van der Waals surface area (Å²) < 4.78 is 5.16. The van der Waals surface area contributed by atoms with Crippen molar-refractivity contribution in [3.8, 4) is 6.07 Å². The van der Waals surface area contributed by atoms with Gasteiger partial charge in [-0.15, -0.1) is 0 Å². The van der Waals surface area contributed by atoms with Crippen LogP contribution in [0.5, 0.6) is 0 Å². The quantitative estimate of drug-likeness (QED) is 0.502. The molecule has 0 aliphatic carbocycles. The molecular formula is C6H13N2OP. The Morgan fingerprint density at radius 3 is 2.70 bits per heavy atom. The number of nitriles is 1. The number of nitrogens with zero attached hydrogens (tertiary/aromatic N) is 1. The summed E-state index contributed by atoms with van der Waals surface area (Å²) in [6, 6.07) is 1.99. The van der Waals surface area contributed by atoms with Gasteiger partial charge in [0.05, 0.1) is 19.1 Å². The molecule has 0 aromatic heterocycles. The van der Waals surface area contributed by atoms with Crippen LogP contribution in [0.1, 0.15) is 20.3 Å². The van der Waals surface area contributed by atoms with Crippen molar-refractivity contribution in [2.24, 2.45) is 5.50 Å². The van der Waals surface area contributed by atoms with Crippen molar-refractivity contribution in [2.75, 3.05) is 6.61 Å². The fourth-order valence-corrected chi connectivity index (χ4v) is 0.946. The van der Waals surface area contributed by atoms with Crippen LogP contribution in [0.2, 0.25) is 0 Å². The lowest BCUT2D eigenvalue weighted by Crippen LogP contribution is -2.04. The van der Waals surface area contributed by atoms with Gasteiger partial charge in [-0.3, -0.25) is 5.50 Å². The molecule has 4 heteroatoms. The second-order valence-corrected chi connectivity index (χ2v) is 4.21. The van der Waals surface area contributed by atoms with Crippen LogP contribution in [0.4, 0.5) is 0 Å². The molecule has 0 spiro atoms. The van der Waals surface area contributed by atoms with E-state index in [1.54, 1.807) is 0 Å². The SMILES string of the molecule is CC(C)P(N)OCCC#N. The Bertz CT molecular complexity index is 121. The van der Waals surface area contributed by atoms with E-state index in [1.807, 2.05) is 19.9 Å². The van der Waals surface area contributed by atoms with Gasteiger partial charge in [0.1, 0.15) is 8.30 Å². The van der Waals surface area contributed by atoms with Crippen molar-refractivity contribution in [2.45, 2.75) is 25.9 Å². The van der Waals surface area contributed by atoms with Crippen molar-refractivity contribution in [3.05, 3.63) is 0 Å². The Kier molecular flexibility index (Phi) is 5.52. The molecule has 0 aromatic rings. The van der Waals surface area contributed by atoms with E-state index >= 15 is 0 Å². The van der Waals surface area contributed by atoms with E-state index in [0.29, 0.717) is 18.7 Å². The zero-order valence-electron chi connectivity index (χ0n) is 6.37. The minimum Gasteiger partial charge on any atom is -0.343 e. The molecule has 0 saturated heterocycles. The van der Waals surface area contributed by atoms with Crippen LogP contribution in [-0.2, 0) is 4.52 Å². The molecule has 10 heavy (non-hydrogen) atoms. The fourth-order valence-electron chi connectivity index (χ4n) is 0.346. The van der Waals surface area contributed by atoms with Crippen LogP contribution in [0.25, 0.3) is 0 Å². The van der Waals surface area contributed by atoms with Crippen LogP contribution >= 0.6 is 8.30 Å². The third-order valence-corrected chi connectivity index (χ3v) is 2.46. The van der Waals surface area contributed by atoms with Gasteiger partial charge >= 0.3 is 0 Å². The van der Waals surface area contributed by atoms with Gasteiger partial charge in [0.15, 0.2) is 0 Å². The molecule has 0 fully saturated rings. The van der Waals surface area contributed by atoms with E-state index in [-0.39, 0.29) is 0 Å². The van der Waals surface area contributed by atoms with Crippen LogP contribution in [-0.4, -0.2) is 12.3 Å². The highest BCUT2D eigenvalue weighted by molar-refractivity contribution is 7.50.